The Morgan fingerprint density at radius 2 is 1.85 bits per heavy atom. The van der Waals surface area contributed by atoms with Crippen molar-refractivity contribution in [2.45, 2.75) is 33.7 Å². The molecule has 0 saturated carbocycles. The third-order valence-corrected chi connectivity index (χ3v) is 4.80. The third-order valence-electron chi connectivity index (χ3n) is 4.55. The van der Waals surface area contributed by atoms with E-state index in [1.165, 1.54) is 12.0 Å². The number of thiocarbonyl (C=S) groups is 1. The van der Waals surface area contributed by atoms with Crippen molar-refractivity contribution in [1.29, 1.82) is 0 Å². The number of benzene rings is 1. The highest BCUT2D eigenvalue weighted by atomic mass is 32.1. The molecule has 2 heterocycles. The third kappa shape index (κ3) is 5.14. The van der Waals surface area contributed by atoms with Crippen LogP contribution in [-0.2, 0) is 6.54 Å². The van der Waals surface area contributed by atoms with Gasteiger partial charge in [0.25, 0.3) is 0 Å². The van der Waals surface area contributed by atoms with E-state index in [1.807, 2.05) is 25.1 Å². The van der Waals surface area contributed by atoms with Crippen molar-refractivity contribution in [2.24, 2.45) is 11.8 Å². The van der Waals surface area contributed by atoms with Crippen molar-refractivity contribution in [3.05, 3.63) is 47.7 Å². The van der Waals surface area contributed by atoms with Crippen molar-refractivity contribution < 1.29 is 0 Å². The molecule has 1 aliphatic heterocycles. The molecule has 0 spiro atoms. The molecule has 6 heteroatoms. The maximum absolute atomic E-state index is 5.40. The molecule has 2 N–H and O–H groups in total. The van der Waals surface area contributed by atoms with Crippen molar-refractivity contribution in [3.8, 4) is 0 Å². The summed E-state index contributed by atoms with van der Waals surface area (Å²) in [7, 11) is 0. The molecule has 138 valence electrons. The predicted octanol–water partition coefficient (Wildman–Crippen LogP) is 3.75. The van der Waals surface area contributed by atoms with Crippen molar-refractivity contribution in [2.75, 3.05) is 23.3 Å². The van der Waals surface area contributed by atoms with Gasteiger partial charge in [0.15, 0.2) is 5.11 Å². The van der Waals surface area contributed by atoms with E-state index in [1.54, 1.807) is 0 Å². The fourth-order valence-corrected chi connectivity index (χ4v) is 3.71. The summed E-state index contributed by atoms with van der Waals surface area (Å²) >= 11 is 5.40. The standard InChI is InChI=1S/C20H27N5S/c1-14-9-15(2)13-25(12-14)18-10-16(3)22-19(23-18)24-20(26)21-11-17-7-5-4-6-8-17/h4-8,10,14-15H,9,11-13H2,1-3H3,(H2,21,22,23,24,26). The number of hydrogen-bond donors (Lipinski definition) is 2. The maximum Gasteiger partial charge on any atom is 0.231 e. The van der Waals surface area contributed by atoms with E-state index in [-0.39, 0.29) is 0 Å². The van der Waals surface area contributed by atoms with Gasteiger partial charge in [-0.25, -0.2) is 4.98 Å². The zero-order chi connectivity index (χ0) is 18.5. The minimum Gasteiger partial charge on any atom is -0.358 e. The molecule has 0 bridgehead atoms. The molecular weight excluding hydrogens is 342 g/mol. The van der Waals surface area contributed by atoms with Gasteiger partial charge in [0.2, 0.25) is 5.95 Å². The highest BCUT2D eigenvalue weighted by Crippen LogP contribution is 2.25. The minimum absolute atomic E-state index is 0.533. The van der Waals surface area contributed by atoms with Gasteiger partial charge in [0, 0.05) is 31.4 Å². The van der Waals surface area contributed by atoms with Gasteiger partial charge >= 0.3 is 0 Å². The predicted molar refractivity (Wildman–Crippen MR) is 111 cm³/mol. The van der Waals surface area contributed by atoms with Gasteiger partial charge < -0.3 is 15.5 Å². The van der Waals surface area contributed by atoms with E-state index < -0.39 is 0 Å². The van der Waals surface area contributed by atoms with Crippen LogP contribution in [-0.4, -0.2) is 28.2 Å². The molecule has 0 aliphatic carbocycles. The van der Waals surface area contributed by atoms with Gasteiger partial charge in [-0.2, -0.15) is 4.98 Å². The summed E-state index contributed by atoms with van der Waals surface area (Å²) in [5.41, 5.74) is 2.12. The summed E-state index contributed by atoms with van der Waals surface area (Å²) in [6.45, 7) is 9.35. The van der Waals surface area contributed by atoms with Gasteiger partial charge in [-0.3, -0.25) is 0 Å². The van der Waals surface area contributed by atoms with Gasteiger partial charge in [-0.1, -0.05) is 44.2 Å². The number of rotatable bonds is 4. The number of aryl methyl sites for hydroxylation is 1. The first-order valence-corrected chi connectivity index (χ1v) is 9.60. The number of aromatic nitrogens is 2. The summed E-state index contributed by atoms with van der Waals surface area (Å²) in [6, 6.07) is 12.2. The Kier molecular flexibility index (Phi) is 6.04. The zero-order valence-electron chi connectivity index (χ0n) is 15.7. The first-order chi connectivity index (χ1) is 12.5. The summed E-state index contributed by atoms with van der Waals surface area (Å²) in [5, 5.41) is 6.87. The first kappa shape index (κ1) is 18.6. The maximum atomic E-state index is 5.40. The zero-order valence-corrected chi connectivity index (χ0v) is 16.5. The lowest BCUT2D eigenvalue weighted by Gasteiger charge is -2.36. The summed E-state index contributed by atoms with van der Waals surface area (Å²) in [5.74, 6) is 2.89. The van der Waals surface area contributed by atoms with Crippen LogP contribution < -0.4 is 15.5 Å². The van der Waals surface area contributed by atoms with E-state index >= 15 is 0 Å². The van der Waals surface area contributed by atoms with Gasteiger partial charge in [-0.05, 0) is 43.0 Å². The Bertz CT molecular complexity index is 739. The van der Waals surface area contributed by atoms with Crippen LogP contribution in [0, 0.1) is 18.8 Å². The second-order valence-corrected chi connectivity index (χ2v) is 7.74. The molecule has 0 amide bonds. The Morgan fingerprint density at radius 3 is 2.54 bits per heavy atom. The van der Waals surface area contributed by atoms with Crippen LogP contribution in [0.3, 0.4) is 0 Å². The Labute approximate surface area is 161 Å². The molecule has 1 aromatic carbocycles. The Hall–Kier alpha value is -2.21. The summed E-state index contributed by atoms with van der Waals surface area (Å²) in [6.07, 6.45) is 1.28. The molecule has 1 aromatic heterocycles. The highest BCUT2D eigenvalue weighted by Gasteiger charge is 2.23. The van der Waals surface area contributed by atoms with Crippen LogP contribution >= 0.6 is 12.2 Å². The highest BCUT2D eigenvalue weighted by molar-refractivity contribution is 7.80. The molecule has 3 rings (SSSR count). The van der Waals surface area contributed by atoms with Crippen LogP contribution in [0.25, 0.3) is 0 Å². The van der Waals surface area contributed by atoms with Crippen molar-refractivity contribution in [1.82, 2.24) is 15.3 Å². The lowest BCUT2D eigenvalue weighted by Crippen LogP contribution is -2.39. The van der Waals surface area contributed by atoms with Crippen LogP contribution in [0.15, 0.2) is 36.4 Å². The van der Waals surface area contributed by atoms with E-state index in [2.05, 4.69) is 52.6 Å². The molecule has 1 saturated heterocycles. The summed E-state index contributed by atoms with van der Waals surface area (Å²) < 4.78 is 0. The monoisotopic (exact) mass is 369 g/mol. The molecule has 2 aromatic rings. The normalized spacial score (nSPS) is 19.9. The number of nitrogens with one attached hydrogen (secondary N) is 2. The second kappa shape index (κ2) is 8.45. The van der Waals surface area contributed by atoms with Crippen LogP contribution in [0.5, 0.6) is 0 Å². The molecule has 2 unspecified atom stereocenters. The smallest absolute Gasteiger partial charge is 0.231 e. The van der Waals surface area contributed by atoms with E-state index in [0.717, 1.165) is 24.6 Å². The van der Waals surface area contributed by atoms with Gasteiger partial charge in [0.05, 0.1) is 0 Å². The molecule has 1 fully saturated rings. The number of anilines is 2. The van der Waals surface area contributed by atoms with E-state index in [0.29, 0.717) is 29.4 Å². The molecule has 5 nitrogen and oxygen atoms in total. The average Bonchev–Trinajstić information content (AvgIpc) is 2.59. The summed E-state index contributed by atoms with van der Waals surface area (Å²) in [4.78, 5) is 11.5. The number of hydrogen-bond acceptors (Lipinski definition) is 4. The largest absolute Gasteiger partial charge is 0.358 e. The number of piperidine rings is 1. The topological polar surface area (TPSA) is 53.1 Å². The molecule has 0 radical (unpaired) electrons. The molecule has 26 heavy (non-hydrogen) atoms. The second-order valence-electron chi connectivity index (χ2n) is 7.34. The van der Waals surface area contributed by atoms with Gasteiger partial charge in [0.1, 0.15) is 5.82 Å². The fourth-order valence-electron chi connectivity index (χ4n) is 3.54. The van der Waals surface area contributed by atoms with E-state index in [4.69, 9.17) is 17.2 Å². The van der Waals surface area contributed by atoms with Crippen molar-refractivity contribution >= 4 is 29.1 Å². The van der Waals surface area contributed by atoms with Gasteiger partial charge in [-0.15, -0.1) is 0 Å². The van der Waals surface area contributed by atoms with Crippen molar-refractivity contribution in [3.63, 3.8) is 0 Å². The Balaban J connectivity index is 1.64. The molecule has 1 aliphatic rings. The van der Waals surface area contributed by atoms with Crippen LogP contribution in [0.4, 0.5) is 11.8 Å². The van der Waals surface area contributed by atoms with E-state index in [9.17, 15) is 0 Å². The minimum atomic E-state index is 0.533. The SMILES string of the molecule is Cc1cc(N2CC(C)CC(C)C2)nc(NC(=S)NCc2ccccc2)n1. The average molecular weight is 370 g/mol. The van der Waals surface area contributed by atoms with Crippen LogP contribution in [0.2, 0.25) is 0 Å². The Morgan fingerprint density at radius 1 is 1.15 bits per heavy atom. The molecular formula is C20H27N5S. The first-order valence-electron chi connectivity index (χ1n) is 9.19. The number of nitrogens with zero attached hydrogens (tertiary/aromatic N) is 3. The van der Waals surface area contributed by atoms with Crippen LogP contribution in [0.1, 0.15) is 31.5 Å². The lowest BCUT2D eigenvalue weighted by molar-refractivity contribution is 0.355. The lowest BCUT2D eigenvalue weighted by atomic mass is 9.92. The molecule has 2 atom stereocenters. The fraction of sp³-hybridized carbons (Fsp3) is 0.450. The quantitative estimate of drug-likeness (QED) is 0.801.